The Kier molecular flexibility index (Phi) is 4.05. The third-order valence-corrected chi connectivity index (χ3v) is 3.50. The van der Waals surface area contributed by atoms with Crippen molar-refractivity contribution in [1.82, 2.24) is 19.5 Å². The number of aliphatic hydroxyl groups is 1. The topological polar surface area (TPSA) is 125 Å². The maximum atomic E-state index is 13.1. The molecule has 3 N–H and O–H groups in total. The van der Waals surface area contributed by atoms with Crippen LogP contribution >= 0.6 is 0 Å². The highest BCUT2D eigenvalue weighted by atomic mass is 19.1. The molecule has 3 rings (SSSR count). The van der Waals surface area contributed by atoms with E-state index < -0.39 is 43.9 Å². The Morgan fingerprint density at radius 2 is 2.22 bits per heavy atom. The van der Waals surface area contributed by atoms with Crippen molar-refractivity contribution in [3.63, 3.8) is 0 Å². The van der Waals surface area contributed by atoms with Crippen LogP contribution in [0.4, 0.5) is 14.6 Å². The Bertz CT molecular complexity index is 727. The van der Waals surface area contributed by atoms with Crippen molar-refractivity contribution in [2.24, 2.45) is 0 Å². The van der Waals surface area contributed by atoms with Gasteiger partial charge in [-0.2, -0.15) is 0 Å². The van der Waals surface area contributed by atoms with E-state index in [1.165, 1.54) is 17.2 Å². The highest BCUT2D eigenvalue weighted by molar-refractivity contribution is 5.81. The fourth-order valence-corrected chi connectivity index (χ4v) is 2.46. The highest BCUT2D eigenvalue weighted by Crippen LogP contribution is 2.33. The summed E-state index contributed by atoms with van der Waals surface area (Å²) in [5, 5.41) is 10.3. The Morgan fingerprint density at radius 1 is 1.43 bits per heavy atom. The molecule has 0 aromatic carbocycles. The third-order valence-electron chi connectivity index (χ3n) is 3.50. The number of carbonyl (C=O) groups excluding carboxylic acids is 1. The number of nitrogens with two attached hydrogens (primary N) is 1. The first-order chi connectivity index (χ1) is 11.1. The lowest BCUT2D eigenvalue weighted by Gasteiger charge is -2.19. The zero-order valence-corrected chi connectivity index (χ0v) is 11.7. The molecule has 0 aliphatic carbocycles. The number of esters is 1. The molecule has 1 fully saturated rings. The van der Waals surface area contributed by atoms with Crippen molar-refractivity contribution in [2.45, 2.75) is 24.5 Å². The maximum absolute atomic E-state index is 13.1. The van der Waals surface area contributed by atoms with Crippen molar-refractivity contribution in [3.05, 3.63) is 12.7 Å². The van der Waals surface area contributed by atoms with E-state index in [4.69, 9.17) is 15.2 Å². The monoisotopic (exact) mass is 329 g/mol. The van der Waals surface area contributed by atoms with Crippen LogP contribution in [0.3, 0.4) is 0 Å². The van der Waals surface area contributed by atoms with Gasteiger partial charge in [0.2, 0.25) is 0 Å². The number of rotatable bonds is 4. The van der Waals surface area contributed by atoms with Crippen molar-refractivity contribution in [3.8, 4) is 0 Å². The molecule has 0 bridgehead atoms. The van der Waals surface area contributed by atoms with Crippen LogP contribution in [0.15, 0.2) is 12.7 Å². The van der Waals surface area contributed by atoms with E-state index in [-0.39, 0.29) is 17.0 Å². The summed E-state index contributed by atoms with van der Waals surface area (Å²) >= 11 is 0. The van der Waals surface area contributed by atoms with Crippen LogP contribution in [-0.2, 0) is 14.3 Å². The van der Waals surface area contributed by atoms with Crippen LogP contribution in [0, 0.1) is 0 Å². The molecule has 0 spiro atoms. The first-order valence-corrected chi connectivity index (χ1v) is 6.64. The number of ether oxygens (including phenoxy) is 2. The Balaban J connectivity index is 1.93. The van der Waals surface area contributed by atoms with Gasteiger partial charge in [0, 0.05) is 0 Å². The molecule has 124 valence electrons. The second-order valence-corrected chi connectivity index (χ2v) is 4.88. The van der Waals surface area contributed by atoms with Crippen LogP contribution in [0.25, 0.3) is 11.2 Å². The molecule has 4 atom stereocenters. The number of hydrogen-bond donors (Lipinski definition) is 2. The Hall–Kier alpha value is -2.40. The molecule has 3 heterocycles. The van der Waals surface area contributed by atoms with Crippen molar-refractivity contribution in [2.75, 3.05) is 19.1 Å². The Labute approximate surface area is 128 Å². The second kappa shape index (κ2) is 6.01. The number of nitrogen functional groups attached to an aromatic ring is 1. The number of carbonyl (C=O) groups is 1. The molecular weight excluding hydrogens is 316 g/mol. The minimum absolute atomic E-state index is 0.128. The number of imidazole rings is 1. The van der Waals surface area contributed by atoms with Gasteiger partial charge in [-0.15, -0.1) is 0 Å². The largest absolute Gasteiger partial charge is 0.455 e. The van der Waals surface area contributed by atoms with Crippen LogP contribution in [0.2, 0.25) is 0 Å². The van der Waals surface area contributed by atoms with E-state index in [0.717, 1.165) is 0 Å². The molecular formula is C12H13F2N5O4. The summed E-state index contributed by atoms with van der Waals surface area (Å²) in [5.74, 6) is -1.08. The predicted octanol–water partition coefficient (Wildman–Crippen LogP) is -0.482. The van der Waals surface area contributed by atoms with Crippen LogP contribution in [0.5, 0.6) is 0 Å². The van der Waals surface area contributed by atoms with Crippen molar-refractivity contribution in [1.29, 1.82) is 0 Å². The molecule has 9 nitrogen and oxygen atoms in total. The smallest absolute Gasteiger partial charge is 0.338 e. The summed E-state index contributed by atoms with van der Waals surface area (Å²) in [4.78, 5) is 22.9. The molecule has 2 aromatic rings. The van der Waals surface area contributed by atoms with Gasteiger partial charge in [0.15, 0.2) is 30.5 Å². The molecule has 0 saturated carbocycles. The van der Waals surface area contributed by atoms with Crippen molar-refractivity contribution < 1.29 is 28.2 Å². The number of hydrogen-bond acceptors (Lipinski definition) is 8. The predicted molar refractivity (Wildman–Crippen MR) is 71.5 cm³/mol. The lowest BCUT2D eigenvalue weighted by Crippen LogP contribution is -2.37. The highest BCUT2D eigenvalue weighted by Gasteiger charge is 2.47. The number of aliphatic hydroxyl groups excluding tert-OH is 1. The number of nitrogens with zero attached hydrogens (tertiary/aromatic N) is 4. The first kappa shape index (κ1) is 15.5. The first-order valence-electron chi connectivity index (χ1n) is 6.64. The minimum Gasteiger partial charge on any atom is -0.455 e. The standard InChI is InChI=1S/C12H13F2N5O4/c13-1-5-9(23-6(20)2-14)8(21)12(22-5)19-4-18-7-10(15)16-3-17-11(7)19/h3-5,8-9,12,21H,1-2H2,(H2,15,16,17)/t5-,8?,9?,12-/m1/s1. The van der Waals surface area contributed by atoms with Crippen LogP contribution in [0.1, 0.15) is 6.23 Å². The molecule has 23 heavy (non-hydrogen) atoms. The zero-order chi connectivity index (χ0) is 16.6. The molecule has 2 aromatic heterocycles. The average Bonchev–Trinajstić information content (AvgIpc) is 3.10. The zero-order valence-electron chi connectivity index (χ0n) is 11.7. The van der Waals surface area contributed by atoms with E-state index in [1.807, 2.05) is 0 Å². The van der Waals surface area contributed by atoms with Gasteiger partial charge >= 0.3 is 5.97 Å². The number of anilines is 1. The van der Waals surface area contributed by atoms with Gasteiger partial charge < -0.3 is 20.3 Å². The van der Waals surface area contributed by atoms with Gasteiger partial charge in [-0.1, -0.05) is 0 Å². The summed E-state index contributed by atoms with van der Waals surface area (Å²) in [6.45, 7) is -2.41. The van der Waals surface area contributed by atoms with Gasteiger partial charge in [-0.05, 0) is 0 Å². The fourth-order valence-electron chi connectivity index (χ4n) is 2.46. The SMILES string of the molecule is Nc1ncnc2c1ncn2[C@@H]1O[C@H](CF)C(OC(=O)CF)C1O. The van der Waals surface area contributed by atoms with Gasteiger partial charge in [0.1, 0.15) is 30.7 Å². The molecule has 0 radical (unpaired) electrons. The minimum atomic E-state index is -1.43. The number of alkyl halides is 2. The van der Waals surface area contributed by atoms with Crippen LogP contribution < -0.4 is 5.73 Å². The van der Waals surface area contributed by atoms with Gasteiger partial charge in [0.25, 0.3) is 0 Å². The van der Waals surface area contributed by atoms with Gasteiger partial charge in [-0.3, -0.25) is 4.57 Å². The number of aromatic nitrogens is 4. The van der Waals surface area contributed by atoms with E-state index in [0.29, 0.717) is 0 Å². The summed E-state index contributed by atoms with van der Waals surface area (Å²) in [6, 6.07) is 0. The van der Waals surface area contributed by atoms with E-state index in [1.54, 1.807) is 0 Å². The molecule has 2 unspecified atom stereocenters. The lowest BCUT2D eigenvalue weighted by atomic mass is 10.1. The summed E-state index contributed by atoms with van der Waals surface area (Å²) in [5.41, 5.74) is 6.21. The maximum Gasteiger partial charge on any atom is 0.338 e. The second-order valence-electron chi connectivity index (χ2n) is 4.88. The van der Waals surface area contributed by atoms with E-state index >= 15 is 0 Å². The normalized spacial score (nSPS) is 27.4. The van der Waals surface area contributed by atoms with Crippen LogP contribution in [-0.4, -0.2) is 62.3 Å². The molecule has 0 amide bonds. The molecule has 1 aliphatic heterocycles. The molecule has 1 saturated heterocycles. The quantitative estimate of drug-likeness (QED) is 0.720. The van der Waals surface area contributed by atoms with E-state index in [2.05, 4.69) is 15.0 Å². The lowest BCUT2D eigenvalue weighted by molar-refractivity contribution is -0.157. The molecule has 11 heteroatoms. The number of halogens is 2. The average molecular weight is 329 g/mol. The number of fused-ring (bicyclic) bond motifs is 1. The van der Waals surface area contributed by atoms with Gasteiger partial charge in [0.05, 0.1) is 6.33 Å². The summed E-state index contributed by atoms with van der Waals surface area (Å²) in [6.07, 6.45) is -2.64. The summed E-state index contributed by atoms with van der Waals surface area (Å²) in [7, 11) is 0. The molecule has 1 aliphatic rings. The fraction of sp³-hybridized carbons (Fsp3) is 0.500. The van der Waals surface area contributed by atoms with E-state index in [9.17, 15) is 18.7 Å². The van der Waals surface area contributed by atoms with Crippen molar-refractivity contribution >= 4 is 23.0 Å². The van der Waals surface area contributed by atoms with Gasteiger partial charge in [-0.25, -0.2) is 28.5 Å². The third kappa shape index (κ3) is 2.57. The summed E-state index contributed by atoms with van der Waals surface area (Å²) < 4.78 is 36.8. The Morgan fingerprint density at radius 3 is 2.91 bits per heavy atom.